The minimum absolute atomic E-state index is 0.0894. The zero-order valence-electron chi connectivity index (χ0n) is 12.6. The van der Waals surface area contributed by atoms with Gasteiger partial charge in [0.1, 0.15) is 13.2 Å². The third kappa shape index (κ3) is 9.05. The SMILES string of the molecule is CCC#CC(C)COC(=O)C(=O)OCC(C)C#CCC. The average Bonchev–Trinajstić information content (AvgIpc) is 2.45. The number of hydrogen-bond acceptors (Lipinski definition) is 4. The monoisotopic (exact) mass is 278 g/mol. The van der Waals surface area contributed by atoms with E-state index in [1.54, 1.807) is 0 Å². The van der Waals surface area contributed by atoms with Crippen LogP contribution in [-0.4, -0.2) is 25.2 Å². The lowest BCUT2D eigenvalue weighted by Gasteiger charge is -2.08. The van der Waals surface area contributed by atoms with Gasteiger partial charge in [0, 0.05) is 12.8 Å². The quantitative estimate of drug-likeness (QED) is 0.449. The van der Waals surface area contributed by atoms with E-state index in [4.69, 9.17) is 9.47 Å². The van der Waals surface area contributed by atoms with Crippen molar-refractivity contribution in [1.29, 1.82) is 0 Å². The van der Waals surface area contributed by atoms with E-state index in [9.17, 15) is 9.59 Å². The Labute approximate surface area is 121 Å². The molecule has 4 nitrogen and oxygen atoms in total. The fourth-order valence-corrected chi connectivity index (χ4v) is 1.16. The lowest BCUT2D eigenvalue weighted by Crippen LogP contribution is -2.24. The highest BCUT2D eigenvalue weighted by atomic mass is 16.6. The largest absolute Gasteiger partial charge is 0.456 e. The lowest BCUT2D eigenvalue weighted by atomic mass is 10.2. The van der Waals surface area contributed by atoms with Gasteiger partial charge in [0.25, 0.3) is 0 Å². The molecule has 0 saturated heterocycles. The maximum Gasteiger partial charge on any atom is 0.417 e. The summed E-state index contributed by atoms with van der Waals surface area (Å²) in [6, 6.07) is 0. The molecule has 0 aromatic carbocycles. The molecule has 0 rings (SSSR count). The summed E-state index contributed by atoms with van der Waals surface area (Å²) in [6.07, 6.45) is 1.49. The van der Waals surface area contributed by atoms with Gasteiger partial charge >= 0.3 is 11.9 Å². The summed E-state index contributed by atoms with van der Waals surface area (Å²) in [6.45, 7) is 7.70. The van der Waals surface area contributed by atoms with Crippen molar-refractivity contribution in [3.05, 3.63) is 0 Å². The van der Waals surface area contributed by atoms with Gasteiger partial charge in [-0.15, -0.1) is 11.8 Å². The predicted molar refractivity (Wildman–Crippen MR) is 76.4 cm³/mol. The van der Waals surface area contributed by atoms with Crippen LogP contribution in [0.25, 0.3) is 0 Å². The second-order valence-corrected chi connectivity index (χ2v) is 4.35. The van der Waals surface area contributed by atoms with Crippen molar-refractivity contribution in [2.75, 3.05) is 13.2 Å². The molecule has 2 unspecified atom stereocenters. The summed E-state index contributed by atoms with van der Waals surface area (Å²) in [5.41, 5.74) is 0. The van der Waals surface area contributed by atoms with Gasteiger partial charge in [0.15, 0.2) is 0 Å². The molecule has 0 aliphatic rings. The molecule has 2 atom stereocenters. The van der Waals surface area contributed by atoms with Gasteiger partial charge in [-0.25, -0.2) is 9.59 Å². The second kappa shape index (κ2) is 10.9. The molecular weight excluding hydrogens is 256 g/mol. The van der Waals surface area contributed by atoms with Gasteiger partial charge in [-0.05, 0) is 13.8 Å². The Morgan fingerprint density at radius 1 is 0.850 bits per heavy atom. The molecule has 0 spiro atoms. The van der Waals surface area contributed by atoms with Crippen LogP contribution >= 0.6 is 0 Å². The number of esters is 2. The molecule has 20 heavy (non-hydrogen) atoms. The van der Waals surface area contributed by atoms with Gasteiger partial charge in [0.05, 0.1) is 11.8 Å². The number of ether oxygens (including phenoxy) is 2. The summed E-state index contributed by atoms with van der Waals surface area (Å²) in [7, 11) is 0. The number of carbonyl (C=O) groups is 2. The van der Waals surface area contributed by atoms with Gasteiger partial charge < -0.3 is 9.47 Å². The highest BCUT2D eigenvalue weighted by Crippen LogP contribution is 1.98. The van der Waals surface area contributed by atoms with E-state index in [0.717, 1.165) is 12.8 Å². The molecule has 0 radical (unpaired) electrons. The first-order valence-electron chi connectivity index (χ1n) is 6.81. The van der Waals surface area contributed by atoms with Gasteiger partial charge in [-0.1, -0.05) is 25.7 Å². The van der Waals surface area contributed by atoms with Crippen LogP contribution in [0.4, 0.5) is 0 Å². The van der Waals surface area contributed by atoms with Crippen LogP contribution in [0.5, 0.6) is 0 Å². The average molecular weight is 278 g/mol. The van der Waals surface area contributed by atoms with Crippen LogP contribution in [0.3, 0.4) is 0 Å². The van der Waals surface area contributed by atoms with Gasteiger partial charge in [0.2, 0.25) is 0 Å². The van der Waals surface area contributed by atoms with E-state index in [1.165, 1.54) is 0 Å². The number of rotatable bonds is 4. The van der Waals surface area contributed by atoms with E-state index in [1.807, 2.05) is 27.7 Å². The molecule has 110 valence electrons. The molecule has 4 heteroatoms. The molecule has 0 heterocycles. The first-order valence-corrected chi connectivity index (χ1v) is 6.81. The van der Waals surface area contributed by atoms with Crippen molar-refractivity contribution in [1.82, 2.24) is 0 Å². The Hall–Kier alpha value is -1.94. The van der Waals surface area contributed by atoms with E-state index < -0.39 is 11.9 Å². The third-order valence-electron chi connectivity index (χ3n) is 2.15. The first kappa shape index (κ1) is 18.1. The summed E-state index contributed by atoms with van der Waals surface area (Å²) in [4.78, 5) is 22.7. The molecule has 0 aromatic rings. The van der Waals surface area contributed by atoms with Crippen molar-refractivity contribution in [3.63, 3.8) is 0 Å². The summed E-state index contributed by atoms with van der Waals surface area (Å²) < 4.78 is 9.65. The molecular formula is C16H22O4. The highest BCUT2D eigenvalue weighted by Gasteiger charge is 2.18. The maximum atomic E-state index is 11.4. The Morgan fingerprint density at radius 2 is 1.20 bits per heavy atom. The summed E-state index contributed by atoms with van der Waals surface area (Å²) in [5, 5.41) is 0. The van der Waals surface area contributed by atoms with Gasteiger partial charge in [-0.2, -0.15) is 0 Å². The molecule has 0 N–H and O–H groups in total. The smallest absolute Gasteiger partial charge is 0.417 e. The summed E-state index contributed by atoms with van der Waals surface area (Å²) >= 11 is 0. The Kier molecular flexibility index (Phi) is 9.87. The minimum Gasteiger partial charge on any atom is -0.456 e. The van der Waals surface area contributed by atoms with E-state index in [2.05, 4.69) is 23.7 Å². The molecule has 0 saturated carbocycles. The normalized spacial score (nSPS) is 12.0. The Bertz CT molecular complexity index is 389. The zero-order chi connectivity index (χ0) is 15.4. The molecule has 0 bridgehead atoms. The molecule has 0 aromatic heterocycles. The standard InChI is InChI=1S/C16H22O4/c1-5-7-9-13(3)11-19-15(17)16(18)20-12-14(4)10-8-6-2/h13-14H,5-6,11-12H2,1-4H3. The molecule has 0 fully saturated rings. The lowest BCUT2D eigenvalue weighted by molar-refractivity contribution is -0.168. The van der Waals surface area contributed by atoms with E-state index in [0.29, 0.717) is 0 Å². The van der Waals surface area contributed by atoms with Crippen molar-refractivity contribution < 1.29 is 19.1 Å². The topological polar surface area (TPSA) is 52.6 Å². The summed E-state index contributed by atoms with van der Waals surface area (Å²) in [5.74, 6) is 9.43. The van der Waals surface area contributed by atoms with Crippen LogP contribution in [0.15, 0.2) is 0 Å². The van der Waals surface area contributed by atoms with Crippen molar-refractivity contribution in [2.24, 2.45) is 11.8 Å². The van der Waals surface area contributed by atoms with Crippen molar-refractivity contribution >= 4 is 11.9 Å². The highest BCUT2D eigenvalue weighted by molar-refractivity contribution is 6.29. The van der Waals surface area contributed by atoms with Gasteiger partial charge in [-0.3, -0.25) is 0 Å². The minimum atomic E-state index is -0.981. The van der Waals surface area contributed by atoms with Crippen molar-refractivity contribution in [3.8, 4) is 23.7 Å². The number of hydrogen-bond donors (Lipinski definition) is 0. The predicted octanol–water partition coefficient (Wildman–Crippen LogP) is 2.17. The van der Waals surface area contributed by atoms with Crippen molar-refractivity contribution in [2.45, 2.75) is 40.5 Å². The van der Waals surface area contributed by atoms with Crippen LogP contribution in [-0.2, 0) is 19.1 Å². The Morgan fingerprint density at radius 3 is 1.50 bits per heavy atom. The molecule has 0 aliphatic carbocycles. The van der Waals surface area contributed by atoms with Crippen LogP contribution < -0.4 is 0 Å². The molecule has 0 aliphatic heterocycles. The number of carbonyl (C=O) groups excluding carboxylic acids is 2. The first-order chi connectivity index (χ1) is 9.51. The van der Waals surface area contributed by atoms with E-state index >= 15 is 0 Å². The third-order valence-corrected chi connectivity index (χ3v) is 2.15. The van der Waals surface area contributed by atoms with Crippen LogP contribution in [0, 0.1) is 35.5 Å². The van der Waals surface area contributed by atoms with E-state index in [-0.39, 0.29) is 25.0 Å². The second-order valence-electron chi connectivity index (χ2n) is 4.35. The van der Waals surface area contributed by atoms with Crippen LogP contribution in [0.1, 0.15) is 40.5 Å². The maximum absolute atomic E-state index is 11.4. The fourth-order valence-electron chi connectivity index (χ4n) is 1.16. The fraction of sp³-hybridized carbons (Fsp3) is 0.625. The molecule has 0 amide bonds. The zero-order valence-corrected chi connectivity index (χ0v) is 12.6. The Balaban J connectivity index is 4.01. The van der Waals surface area contributed by atoms with Crippen LogP contribution in [0.2, 0.25) is 0 Å².